The third kappa shape index (κ3) is 2.21. The summed E-state index contributed by atoms with van der Waals surface area (Å²) < 4.78 is 0. The highest BCUT2D eigenvalue weighted by Crippen LogP contribution is 2.23. The van der Waals surface area contributed by atoms with E-state index in [0.717, 1.165) is 19.4 Å². The van der Waals surface area contributed by atoms with E-state index in [-0.39, 0.29) is 11.9 Å². The zero-order valence-electron chi connectivity index (χ0n) is 8.79. The Balaban J connectivity index is 2.63. The van der Waals surface area contributed by atoms with Gasteiger partial charge < -0.3 is 10.6 Å². The number of hydrogen-bond donors (Lipinski definition) is 1. The minimum atomic E-state index is -0.348. The van der Waals surface area contributed by atoms with Gasteiger partial charge in [-0.1, -0.05) is 13.8 Å². The van der Waals surface area contributed by atoms with Crippen molar-refractivity contribution < 1.29 is 4.79 Å². The van der Waals surface area contributed by atoms with Gasteiger partial charge in [-0.2, -0.15) is 0 Å². The van der Waals surface area contributed by atoms with E-state index in [1.165, 1.54) is 0 Å². The number of carbonyl (C=O) groups is 1. The maximum absolute atomic E-state index is 11.7. The topological polar surface area (TPSA) is 46.3 Å². The summed E-state index contributed by atoms with van der Waals surface area (Å²) in [4.78, 5) is 13.6. The van der Waals surface area contributed by atoms with Crippen molar-refractivity contribution in [2.75, 3.05) is 6.54 Å². The lowest BCUT2D eigenvalue weighted by Crippen LogP contribution is -2.46. The normalized spacial score (nSPS) is 25.3. The van der Waals surface area contributed by atoms with Crippen LogP contribution in [0.5, 0.6) is 0 Å². The fourth-order valence-corrected chi connectivity index (χ4v) is 2.02. The van der Waals surface area contributed by atoms with E-state index in [9.17, 15) is 4.79 Å². The second kappa shape index (κ2) is 4.09. The standard InChI is InChI=1S/C10H20N2O/c1-7(2)9-5-4-6-12(9)10(13)8(3)11/h7-9H,4-6,11H2,1-3H3/t8-,9?/m1/s1. The predicted molar refractivity (Wildman–Crippen MR) is 53.2 cm³/mol. The average Bonchev–Trinajstić information content (AvgIpc) is 2.50. The molecule has 0 aromatic heterocycles. The van der Waals surface area contributed by atoms with Gasteiger partial charge >= 0.3 is 0 Å². The number of nitrogens with zero attached hydrogens (tertiary/aromatic N) is 1. The van der Waals surface area contributed by atoms with Crippen molar-refractivity contribution in [2.24, 2.45) is 11.7 Å². The lowest BCUT2D eigenvalue weighted by Gasteiger charge is -2.28. The molecule has 0 radical (unpaired) electrons. The summed E-state index contributed by atoms with van der Waals surface area (Å²) in [5.41, 5.74) is 5.59. The molecule has 1 amide bonds. The molecule has 1 heterocycles. The van der Waals surface area contributed by atoms with E-state index in [1.54, 1.807) is 6.92 Å². The quantitative estimate of drug-likeness (QED) is 0.695. The van der Waals surface area contributed by atoms with Gasteiger partial charge in [0.15, 0.2) is 0 Å². The number of nitrogens with two attached hydrogens (primary N) is 1. The number of likely N-dealkylation sites (tertiary alicyclic amines) is 1. The Morgan fingerprint density at radius 2 is 2.08 bits per heavy atom. The third-order valence-electron chi connectivity index (χ3n) is 2.74. The molecule has 3 heteroatoms. The Morgan fingerprint density at radius 1 is 1.46 bits per heavy atom. The minimum absolute atomic E-state index is 0.108. The maximum Gasteiger partial charge on any atom is 0.239 e. The van der Waals surface area contributed by atoms with Gasteiger partial charge in [-0.05, 0) is 25.7 Å². The number of amides is 1. The second-order valence-electron chi connectivity index (χ2n) is 4.27. The van der Waals surface area contributed by atoms with Crippen LogP contribution >= 0.6 is 0 Å². The molecule has 0 aromatic carbocycles. The van der Waals surface area contributed by atoms with Gasteiger partial charge in [0.2, 0.25) is 5.91 Å². The highest BCUT2D eigenvalue weighted by Gasteiger charge is 2.31. The fraction of sp³-hybridized carbons (Fsp3) is 0.900. The lowest BCUT2D eigenvalue weighted by molar-refractivity contribution is -0.133. The van der Waals surface area contributed by atoms with E-state index < -0.39 is 0 Å². The largest absolute Gasteiger partial charge is 0.338 e. The van der Waals surface area contributed by atoms with Crippen LogP contribution in [0, 0.1) is 5.92 Å². The van der Waals surface area contributed by atoms with E-state index in [4.69, 9.17) is 5.73 Å². The molecule has 0 saturated carbocycles. The van der Waals surface area contributed by atoms with Crippen molar-refractivity contribution in [1.29, 1.82) is 0 Å². The Hall–Kier alpha value is -0.570. The number of hydrogen-bond acceptors (Lipinski definition) is 2. The van der Waals surface area contributed by atoms with E-state index in [2.05, 4.69) is 13.8 Å². The third-order valence-corrected chi connectivity index (χ3v) is 2.74. The van der Waals surface area contributed by atoms with Crippen molar-refractivity contribution >= 4 is 5.91 Å². The van der Waals surface area contributed by atoms with Crippen molar-refractivity contribution in [2.45, 2.75) is 45.7 Å². The highest BCUT2D eigenvalue weighted by molar-refractivity contribution is 5.81. The molecule has 2 atom stereocenters. The van der Waals surface area contributed by atoms with Gasteiger partial charge in [0, 0.05) is 12.6 Å². The average molecular weight is 184 g/mol. The summed E-state index contributed by atoms with van der Waals surface area (Å²) in [7, 11) is 0. The van der Waals surface area contributed by atoms with E-state index in [1.807, 2.05) is 4.90 Å². The molecule has 1 rings (SSSR count). The molecule has 0 aliphatic carbocycles. The summed E-state index contributed by atoms with van der Waals surface area (Å²) in [5, 5.41) is 0. The van der Waals surface area contributed by atoms with Crippen molar-refractivity contribution in [3.63, 3.8) is 0 Å². The first-order valence-electron chi connectivity index (χ1n) is 5.10. The van der Waals surface area contributed by atoms with Crippen LogP contribution in [0.25, 0.3) is 0 Å². The van der Waals surface area contributed by atoms with Crippen LogP contribution in [-0.4, -0.2) is 29.4 Å². The monoisotopic (exact) mass is 184 g/mol. The molecule has 2 N–H and O–H groups in total. The first-order chi connectivity index (χ1) is 6.04. The SMILES string of the molecule is CC(C)C1CCCN1C(=O)[C@@H](C)N. The zero-order chi connectivity index (χ0) is 10.0. The van der Waals surface area contributed by atoms with E-state index in [0.29, 0.717) is 12.0 Å². The van der Waals surface area contributed by atoms with Crippen molar-refractivity contribution in [1.82, 2.24) is 4.90 Å². The zero-order valence-corrected chi connectivity index (χ0v) is 8.79. The maximum atomic E-state index is 11.7. The summed E-state index contributed by atoms with van der Waals surface area (Å²) in [5.74, 6) is 0.654. The molecular weight excluding hydrogens is 164 g/mol. The highest BCUT2D eigenvalue weighted by atomic mass is 16.2. The molecule has 0 aromatic rings. The van der Waals surface area contributed by atoms with E-state index >= 15 is 0 Å². The second-order valence-corrected chi connectivity index (χ2v) is 4.27. The smallest absolute Gasteiger partial charge is 0.239 e. The molecule has 76 valence electrons. The van der Waals surface area contributed by atoms with Crippen LogP contribution in [-0.2, 0) is 4.79 Å². The van der Waals surface area contributed by atoms with Gasteiger partial charge in [-0.15, -0.1) is 0 Å². The van der Waals surface area contributed by atoms with Crippen LogP contribution in [0.4, 0.5) is 0 Å². The van der Waals surface area contributed by atoms with Crippen LogP contribution in [0.2, 0.25) is 0 Å². The molecule has 3 nitrogen and oxygen atoms in total. The lowest BCUT2D eigenvalue weighted by atomic mass is 10.0. The van der Waals surface area contributed by atoms with Crippen LogP contribution in [0.3, 0.4) is 0 Å². The Morgan fingerprint density at radius 3 is 2.54 bits per heavy atom. The van der Waals surface area contributed by atoms with Gasteiger partial charge in [0.05, 0.1) is 6.04 Å². The van der Waals surface area contributed by atoms with Gasteiger partial charge in [0.1, 0.15) is 0 Å². The van der Waals surface area contributed by atoms with Crippen LogP contribution < -0.4 is 5.73 Å². The Labute approximate surface area is 80.3 Å². The molecule has 1 unspecified atom stereocenters. The first-order valence-corrected chi connectivity index (χ1v) is 5.10. The summed E-state index contributed by atoms with van der Waals surface area (Å²) in [6.07, 6.45) is 2.26. The molecule has 1 fully saturated rings. The first kappa shape index (κ1) is 10.5. The van der Waals surface area contributed by atoms with Crippen molar-refractivity contribution in [3.05, 3.63) is 0 Å². The predicted octanol–water partition coefficient (Wildman–Crippen LogP) is 0.981. The van der Waals surface area contributed by atoms with Gasteiger partial charge in [-0.3, -0.25) is 4.79 Å². The summed E-state index contributed by atoms with van der Waals surface area (Å²) >= 11 is 0. The molecule has 1 aliphatic rings. The van der Waals surface area contributed by atoms with Gasteiger partial charge in [0.25, 0.3) is 0 Å². The van der Waals surface area contributed by atoms with Gasteiger partial charge in [-0.25, -0.2) is 0 Å². The Bertz CT molecular complexity index is 189. The molecular formula is C10H20N2O. The molecule has 1 saturated heterocycles. The molecule has 1 aliphatic heterocycles. The number of rotatable bonds is 2. The minimum Gasteiger partial charge on any atom is -0.338 e. The molecule has 13 heavy (non-hydrogen) atoms. The Kier molecular flexibility index (Phi) is 3.31. The van der Waals surface area contributed by atoms with Crippen LogP contribution in [0.15, 0.2) is 0 Å². The van der Waals surface area contributed by atoms with Crippen LogP contribution in [0.1, 0.15) is 33.6 Å². The van der Waals surface area contributed by atoms with Crippen molar-refractivity contribution in [3.8, 4) is 0 Å². The summed E-state index contributed by atoms with van der Waals surface area (Å²) in [6, 6.07) is 0.0675. The fourth-order valence-electron chi connectivity index (χ4n) is 2.02. The molecule has 0 spiro atoms. The number of carbonyl (C=O) groups excluding carboxylic acids is 1. The summed E-state index contributed by atoms with van der Waals surface area (Å²) in [6.45, 7) is 6.98. The molecule has 0 bridgehead atoms.